The van der Waals surface area contributed by atoms with E-state index in [4.69, 9.17) is 5.14 Å². The minimum Gasteiger partial charge on any atom is -0.280 e. The molecule has 2 rings (SSSR count). The van der Waals surface area contributed by atoms with Crippen LogP contribution in [0.1, 0.15) is 6.42 Å². The SMILES string of the molecule is NS(=O)(=O)CC1CC(=O)N(c2nccc(Br)n2)C1. The fourth-order valence-corrected chi connectivity index (χ4v) is 3.03. The molecule has 0 spiro atoms. The number of carbonyl (C=O) groups excluding carboxylic acids is 1. The lowest BCUT2D eigenvalue weighted by Crippen LogP contribution is -2.28. The van der Waals surface area contributed by atoms with Gasteiger partial charge in [-0.15, -0.1) is 0 Å². The molecule has 1 saturated heterocycles. The van der Waals surface area contributed by atoms with E-state index in [2.05, 4.69) is 25.9 Å². The van der Waals surface area contributed by atoms with Crippen LogP contribution < -0.4 is 10.0 Å². The van der Waals surface area contributed by atoms with Crippen molar-refractivity contribution < 1.29 is 13.2 Å². The highest BCUT2D eigenvalue weighted by Gasteiger charge is 2.34. The average molecular weight is 335 g/mol. The smallest absolute Gasteiger partial charge is 0.233 e. The molecule has 1 aliphatic rings. The number of nitrogens with zero attached hydrogens (tertiary/aromatic N) is 3. The second-order valence-corrected chi connectivity index (χ2v) is 6.55. The van der Waals surface area contributed by atoms with E-state index >= 15 is 0 Å². The molecule has 2 heterocycles. The van der Waals surface area contributed by atoms with Crippen molar-refractivity contribution in [3.05, 3.63) is 16.9 Å². The Morgan fingerprint density at radius 2 is 2.28 bits per heavy atom. The third-order valence-electron chi connectivity index (χ3n) is 2.52. The maximum Gasteiger partial charge on any atom is 0.233 e. The van der Waals surface area contributed by atoms with E-state index < -0.39 is 10.0 Å². The number of carbonyl (C=O) groups is 1. The first kappa shape index (κ1) is 13.4. The zero-order valence-electron chi connectivity index (χ0n) is 9.28. The Morgan fingerprint density at radius 1 is 1.56 bits per heavy atom. The topological polar surface area (TPSA) is 106 Å². The second-order valence-electron chi connectivity index (χ2n) is 4.08. The Bertz CT molecular complexity index is 577. The molecule has 1 fully saturated rings. The normalized spacial score (nSPS) is 20.4. The third kappa shape index (κ3) is 3.24. The van der Waals surface area contributed by atoms with Crippen molar-refractivity contribution in [1.82, 2.24) is 9.97 Å². The molecule has 18 heavy (non-hydrogen) atoms. The Balaban J connectivity index is 2.15. The van der Waals surface area contributed by atoms with E-state index in [1.54, 1.807) is 6.07 Å². The van der Waals surface area contributed by atoms with Crippen molar-refractivity contribution in [1.29, 1.82) is 0 Å². The average Bonchev–Trinajstić information content (AvgIpc) is 2.56. The molecule has 1 aromatic heterocycles. The zero-order valence-corrected chi connectivity index (χ0v) is 11.7. The molecule has 0 aliphatic carbocycles. The summed E-state index contributed by atoms with van der Waals surface area (Å²) in [5, 5.41) is 4.97. The van der Waals surface area contributed by atoms with Crippen LogP contribution in [-0.4, -0.2) is 36.6 Å². The Kier molecular flexibility index (Phi) is 3.64. The lowest BCUT2D eigenvalue weighted by molar-refractivity contribution is -0.117. The monoisotopic (exact) mass is 334 g/mol. The van der Waals surface area contributed by atoms with E-state index in [9.17, 15) is 13.2 Å². The number of aromatic nitrogens is 2. The number of primary sulfonamides is 1. The molecule has 1 aliphatic heterocycles. The van der Waals surface area contributed by atoms with Crippen LogP contribution in [0.15, 0.2) is 16.9 Å². The number of anilines is 1. The van der Waals surface area contributed by atoms with Gasteiger partial charge in [0.1, 0.15) is 4.60 Å². The summed E-state index contributed by atoms with van der Waals surface area (Å²) in [4.78, 5) is 21.2. The quantitative estimate of drug-likeness (QED) is 0.775. The summed E-state index contributed by atoms with van der Waals surface area (Å²) in [6.45, 7) is 0.270. The molecule has 0 saturated carbocycles. The molecule has 1 atom stereocenters. The Hall–Kier alpha value is -1.06. The molecule has 0 bridgehead atoms. The predicted molar refractivity (Wildman–Crippen MR) is 68.2 cm³/mol. The van der Waals surface area contributed by atoms with Gasteiger partial charge in [0.05, 0.1) is 5.75 Å². The number of halogens is 1. The number of sulfonamides is 1. The summed E-state index contributed by atoms with van der Waals surface area (Å²) in [5.41, 5.74) is 0. The zero-order chi connectivity index (χ0) is 13.3. The molecule has 0 radical (unpaired) electrons. The Labute approximate surface area is 113 Å². The van der Waals surface area contributed by atoms with Gasteiger partial charge in [-0.2, -0.15) is 0 Å². The first-order valence-corrected chi connectivity index (χ1v) is 7.65. The fraction of sp³-hybridized carbons (Fsp3) is 0.444. The Morgan fingerprint density at radius 3 is 2.89 bits per heavy atom. The van der Waals surface area contributed by atoms with Crippen LogP contribution in [0.4, 0.5) is 5.95 Å². The highest BCUT2D eigenvalue weighted by atomic mass is 79.9. The molecule has 98 valence electrons. The van der Waals surface area contributed by atoms with Gasteiger partial charge in [-0.05, 0) is 22.0 Å². The standard InChI is InChI=1S/C9H11BrN4O3S/c10-7-1-2-12-9(13-7)14-4-6(3-8(14)15)5-18(11,16)17/h1-2,6H,3-5H2,(H2,11,16,17). The lowest BCUT2D eigenvalue weighted by Gasteiger charge is -2.13. The van der Waals surface area contributed by atoms with Gasteiger partial charge in [-0.1, -0.05) is 0 Å². The molecule has 1 amide bonds. The number of rotatable bonds is 3. The highest BCUT2D eigenvalue weighted by Crippen LogP contribution is 2.23. The van der Waals surface area contributed by atoms with Crippen LogP contribution in [0.25, 0.3) is 0 Å². The van der Waals surface area contributed by atoms with Crippen molar-refractivity contribution in [3.63, 3.8) is 0 Å². The van der Waals surface area contributed by atoms with Crippen molar-refractivity contribution in [2.45, 2.75) is 6.42 Å². The van der Waals surface area contributed by atoms with E-state index in [0.717, 1.165) is 0 Å². The van der Waals surface area contributed by atoms with Crippen LogP contribution >= 0.6 is 15.9 Å². The van der Waals surface area contributed by atoms with Crippen molar-refractivity contribution in [2.24, 2.45) is 11.1 Å². The number of hydrogen-bond acceptors (Lipinski definition) is 5. The van der Waals surface area contributed by atoms with Crippen molar-refractivity contribution >= 4 is 37.8 Å². The van der Waals surface area contributed by atoms with E-state index in [1.807, 2.05) is 0 Å². The van der Waals surface area contributed by atoms with Crippen LogP contribution in [0.3, 0.4) is 0 Å². The predicted octanol–water partition coefficient (Wildman–Crippen LogP) is -0.119. The lowest BCUT2D eigenvalue weighted by atomic mass is 10.1. The maximum atomic E-state index is 11.8. The van der Waals surface area contributed by atoms with Gasteiger partial charge in [0.2, 0.25) is 21.9 Å². The van der Waals surface area contributed by atoms with Crippen molar-refractivity contribution in [3.8, 4) is 0 Å². The first-order chi connectivity index (χ1) is 8.35. The second kappa shape index (κ2) is 4.90. The molecule has 9 heteroatoms. The summed E-state index contributed by atoms with van der Waals surface area (Å²) in [7, 11) is -3.57. The fourth-order valence-electron chi connectivity index (χ4n) is 1.87. The minimum atomic E-state index is -3.57. The van der Waals surface area contributed by atoms with E-state index in [1.165, 1.54) is 11.1 Å². The largest absolute Gasteiger partial charge is 0.280 e. The molecule has 1 unspecified atom stereocenters. The van der Waals surface area contributed by atoms with Crippen LogP contribution in [0.5, 0.6) is 0 Å². The van der Waals surface area contributed by atoms with E-state index in [0.29, 0.717) is 4.60 Å². The summed E-state index contributed by atoms with van der Waals surface area (Å²) in [6, 6.07) is 1.64. The van der Waals surface area contributed by atoms with Gasteiger partial charge in [-0.3, -0.25) is 9.69 Å². The molecule has 7 nitrogen and oxygen atoms in total. The van der Waals surface area contributed by atoms with Gasteiger partial charge in [0.25, 0.3) is 0 Å². The molecule has 0 aromatic carbocycles. The molecular formula is C9H11BrN4O3S. The van der Waals surface area contributed by atoms with Gasteiger partial charge in [-0.25, -0.2) is 23.5 Å². The summed E-state index contributed by atoms with van der Waals surface area (Å²) in [5.74, 6) is -0.438. The third-order valence-corrected chi connectivity index (χ3v) is 3.90. The maximum absolute atomic E-state index is 11.8. The molecule has 2 N–H and O–H groups in total. The number of amides is 1. The van der Waals surface area contributed by atoms with Crippen LogP contribution in [0, 0.1) is 5.92 Å². The number of hydrogen-bond donors (Lipinski definition) is 1. The summed E-state index contributed by atoms with van der Waals surface area (Å²) < 4.78 is 22.6. The van der Waals surface area contributed by atoms with Gasteiger partial charge in [0.15, 0.2) is 0 Å². The van der Waals surface area contributed by atoms with Gasteiger partial charge in [0, 0.05) is 25.1 Å². The molecule has 1 aromatic rings. The first-order valence-electron chi connectivity index (χ1n) is 5.14. The summed E-state index contributed by atoms with van der Waals surface area (Å²) in [6.07, 6.45) is 1.67. The molecular weight excluding hydrogens is 324 g/mol. The van der Waals surface area contributed by atoms with Gasteiger partial charge < -0.3 is 0 Å². The summed E-state index contributed by atoms with van der Waals surface area (Å²) >= 11 is 3.19. The highest BCUT2D eigenvalue weighted by molar-refractivity contribution is 9.10. The number of nitrogens with two attached hydrogens (primary N) is 1. The van der Waals surface area contributed by atoms with Crippen molar-refractivity contribution in [2.75, 3.05) is 17.2 Å². The minimum absolute atomic E-state index is 0.145. The van der Waals surface area contributed by atoms with Gasteiger partial charge >= 0.3 is 0 Å². The van der Waals surface area contributed by atoms with Crippen LogP contribution in [-0.2, 0) is 14.8 Å². The van der Waals surface area contributed by atoms with Crippen LogP contribution in [0.2, 0.25) is 0 Å². The van der Waals surface area contributed by atoms with E-state index in [-0.39, 0.29) is 36.5 Å².